The number of carbonyl (C=O) groups excluding carboxylic acids is 1. The smallest absolute Gasteiger partial charge is 0.263 e. The van der Waals surface area contributed by atoms with Gasteiger partial charge in [-0.2, -0.15) is 0 Å². The Morgan fingerprint density at radius 1 is 1.22 bits per heavy atom. The molecule has 0 saturated carbocycles. The molecule has 0 aliphatic heterocycles. The highest BCUT2D eigenvalue weighted by atomic mass is 32.1. The van der Waals surface area contributed by atoms with Crippen LogP contribution >= 0.6 is 11.3 Å². The van der Waals surface area contributed by atoms with Crippen LogP contribution in [-0.2, 0) is 6.42 Å². The van der Waals surface area contributed by atoms with E-state index in [4.69, 9.17) is 0 Å². The van der Waals surface area contributed by atoms with Crippen LogP contribution in [0.4, 0.5) is 5.69 Å². The second kappa shape index (κ2) is 6.79. The average molecular weight is 325 g/mol. The number of hydrogen-bond acceptors (Lipinski definition) is 4. The second-order valence-electron chi connectivity index (χ2n) is 5.40. The molecule has 0 radical (unpaired) electrons. The van der Waals surface area contributed by atoms with E-state index >= 15 is 0 Å². The van der Waals surface area contributed by atoms with E-state index < -0.39 is 0 Å². The van der Waals surface area contributed by atoms with E-state index in [0.717, 1.165) is 22.3 Å². The van der Waals surface area contributed by atoms with E-state index in [1.165, 1.54) is 22.5 Å². The third-order valence-electron chi connectivity index (χ3n) is 3.74. The lowest BCUT2D eigenvalue weighted by molar-refractivity contribution is 0.0959. The summed E-state index contributed by atoms with van der Waals surface area (Å²) in [6.45, 7) is 2.69. The number of thiophene rings is 1. The van der Waals surface area contributed by atoms with Crippen LogP contribution in [0, 0.1) is 6.92 Å². The van der Waals surface area contributed by atoms with Gasteiger partial charge in [0.2, 0.25) is 0 Å². The summed E-state index contributed by atoms with van der Waals surface area (Å²) in [7, 11) is 1.83. The zero-order valence-electron chi connectivity index (χ0n) is 13.2. The first-order valence-electron chi connectivity index (χ1n) is 7.58. The maximum absolute atomic E-state index is 12.5. The zero-order chi connectivity index (χ0) is 16.2. The average Bonchev–Trinajstić information content (AvgIpc) is 2.95. The molecule has 3 rings (SSSR count). The monoisotopic (exact) mass is 325 g/mol. The van der Waals surface area contributed by atoms with Crippen LogP contribution in [0.5, 0.6) is 0 Å². The zero-order valence-corrected chi connectivity index (χ0v) is 14.0. The summed E-state index contributed by atoms with van der Waals surface area (Å²) in [5, 5.41) is 7.11. The van der Waals surface area contributed by atoms with Crippen molar-refractivity contribution in [3.63, 3.8) is 0 Å². The van der Waals surface area contributed by atoms with Gasteiger partial charge in [0.25, 0.3) is 5.91 Å². The van der Waals surface area contributed by atoms with E-state index in [-0.39, 0.29) is 5.91 Å². The summed E-state index contributed by atoms with van der Waals surface area (Å²) in [5.41, 5.74) is 3.32. The van der Waals surface area contributed by atoms with Gasteiger partial charge in [-0.05, 0) is 31.0 Å². The van der Waals surface area contributed by atoms with Crippen LogP contribution in [0.15, 0.2) is 42.6 Å². The number of nitrogens with zero attached hydrogens (tertiary/aromatic N) is 1. The van der Waals surface area contributed by atoms with E-state index in [9.17, 15) is 4.79 Å². The summed E-state index contributed by atoms with van der Waals surface area (Å²) in [5.74, 6) is -0.0514. The molecule has 3 aromatic rings. The first-order valence-corrected chi connectivity index (χ1v) is 8.39. The molecule has 118 valence electrons. The quantitative estimate of drug-likeness (QED) is 0.753. The van der Waals surface area contributed by atoms with Crippen LogP contribution in [-0.4, -0.2) is 24.5 Å². The van der Waals surface area contributed by atoms with Crippen molar-refractivity contribution in [2.24, 2.45) is 0 Å². The Bertz CT molecular complexity index is 824. The van der Waals surface area contributed by atoms with Gasteiger partial charge < -0.3 is 10.6 Å². The predicted octanol–water partition coefficient (Wildman–Crippen LogP) is 3.62. The Kier molecular flexibility index (Phi) is 4.57. The molecule has 0 unspecified atom stereocenters. The molecule has 1 amide bonds. The molecule has 23 heavy (non-hydrogen) atoms. The second-order valence-corrected chi connectivity index (χ2v) is 6.40. The van der Waals surface area contributed by atoms with Gasteiger partial charge in [-0.25, -0.2) is 4.98 Å². The molecule has 1 aromatic carbocycles. The van der Waals surface area contributed by atoms with Crippen molar-refractivity contribution in [3.05, 3.63) is 58.6 Å². The van der Waals surface area contributed by atoms with Crippen molar-refractivity contribution in [1.82, 2.24) is 10.3 Å². The van der Waals surface area contributed by atoms with Gasteiger partial charge >= 0.3 is 0 Å². The molecular formula is C18H19N3OS. The summed E-state index contributed by atoms with van der Waals surface area (Å²) in [4.78, 5) is 18.4. The standard InChI is InChI=1S/C18H19N3OS/c1-12-5-7-13(8-6-12)9-11-20-17(22)16-15(19-2)14-4-3-10-21-18(14)23-16/h3-8,10,19H,9,11H2,1-2H3,(H,20,22). The minimum absolute atomic E-state index is 0.0514. The van der Waals surface area contributed by atoms with E-state index in [2.05, 4.69) is 46.8 Å². The number of carbonyl (C=O) groups is 1. The lowest BCUT2D eigenvalue weighted by Gasteiger charge is -2.06. The van der Waals surface area contributed by atoms with Crippen molar-refractivity contribution in [2.75, 3.05) is 18.9 Å². The van der Waals surface area contributed by atoms with Crippen LogP contribution in [0.25, 0.3) is 10.2 Å². The number of benzene rings is 1. The number of aryl methyl sites for hydroxylation is 1. The van der Waals surface area contributed by atoms with E-state index in [1.54, 1.807) is 6.20 Å². The number of amides is 1. The Hall–Kier alpha value is -2.40. The van der Waals surface area contributed by atoms with Crippen molar-refractivity contribution in [1.29, 1.82) is 0 Å². The highest BCUT2D eigenvalue weighted by Crippen LogP contribution is 2.33. The minimum atomic E-state index is -0.0514. The Labute approximate surface area is 139 Å². The topological polar surface area (TPSA) is 54.0 Å². The highest BCUT2D eigenvalue weighted by molar-refractivity contribution is 7.21. The largest absolute Gasteiger partial charge is 0.386 e. The third-order valence-corrected chi connectivity index (χ3v) is 4.85. The molecule has 2 heterocycles. The fraction of sp³-hybridized carbons (Fsp3) is 0.222. The molecule has 4 nitrogen and oxygen atoms in total. The summed E-state index contributed by atoms with van der Waals surface area (Å²) < 4.78 is 0. The van der Waals surface area contributed by atoms with Gasteiger partial charge in [0.05, 0.1) is 5.69 Å². The van der Waals surface area contributed by atoms with E-state index in [1.807, 2.05) is 19.2 Å². The van der Waals surface area contributed by atoms with Crippen LogP contribution in [0.3, 0.4) is 0 Å². The molecule has 2 aromatic heterocycles. The minimum Gasteiger partial charge on any atom is -0.386 e. The Morgan fingerprint density at radius 3 is 2.74 bits per heavy atom. The number of hydrogen-bond donors (Lipinski definition) is 2. The Balaban J connectivity index is 1.69. The van der Waals surface area contributed by atoms with Gasteiger partial charge in [-0.3, -0.25) is 4.79 Å². The van der Waals surface area contributed by atoms with Gasteiger partial charge in [0.1, 0.15) is 9.71 Å². The summed E-state index contributed by atoms with van der Waals surface area (Å²) >= 11 is 1.42. The van der Waals surface area contributed by atoms with Crippen LogP contribution < -0.4 is 10.6 Å². The first kappa shape index (κ1) is 15.5. The van der Waals surface area contributed by atoms with E-state index in [0.29, 0.717) is 11.4 Å². The number of anilines is 1. The van der Waals surface area contributed by atoms with Crippen molar-refractivity contribution in [2.45, 2.75) is 13.3 Å². The van der Waals surface area contributed by atoms with Crippen molar-refractivity contribution < 1.29 is 4.79 Å². The molecule has 0 saturated heterocycles. The fourth-order valence-corrected chi connectivity index (χ4v) is 3.56. The number of nitrogens with one attached hydrogen (secondary N) is 2. The number of pyridine rings is 1. The van der Waals surface area contributed by atoms with Crippen LogP contribution in [0.2, 0.25) is 0 Å². The molecule has 5 heteroatoms. The highest BCUT2D eigenvalue weighted by Gasteiger charge is 2.17. The molecule has 0 atom stereocenters. The number of rotatable bonds is 5. The third kappa shape index (κ3) is 3.35. The first-order chi connectivity index (χ1) is 11.2. The maximum atomic E-state index is 12.5. The molecule has 0 fully saturated rings. The van der Waals surface area contributed by atoms with Gasteiger partial charge in [0.15, 0.2) is 0 Å². The molecule has 0 aliphatic carbocycles. The molecular weight excluding hydrogens is 306 g/mol. The molecule has 0 bridgehead atoms. The lowest BCUT2D eigenvalue weighted by Crippen LogP contribution is -2.25. The SMILES string of the molecule is CNc1c(C(=O)NCCc2ccc(C)cc2)sc2ncccc12. The number of fused-ring (bicyclic) bond motifs is 1. The van der Waals surface area contributed by atoms with Crippen molar-refractivity contribution in [3.8, 4) is 0 Å². The molecule has 0 aliphatic rings. The maximum Gasteiger partial charge on any atom is 0.263 e. The lowest BCUT2D eigenvalue weighted by atomic mass is 10.1. The summed E-state index contributed by atoms with van der Waals surface area (Å²) in [6, 6.07) is 12.2. The number of aromatic nitrogens is 1. The fourth-order valence-electron chi connectivity index (χ4n) is 2.50. The normalized spacial score (nSPS) is 10.7. The summed E-state index contributed by atoms with van der Waals surface area (Å²) in [6.07, 6.45) is 2.57. The Morgan fingerprint density at radius 2 is 2.00 bits per heavy atom. The van der Waals surface area contributed by atoms with Crippen molar-refractivity contribution >= 4 is 33.1 Å². The molecule has 0 spiro atoms. The molecule has 2 N–H and O–H groups in total. The van der Waals surface area contributed by atoms with Gasteiger partial charge in [-0.15, -0.1) is 11.3 Å². The van der Waals surface area contributed by atoms with Gasteiger partial charge in [0, 0.05) is 25.2 Å². The predicted molar refractivity (Wildman–Crippen MR) is 96.4 cm³/mol. The van der Waals surface area contributed by atoms with Gasteiger partial charge in [-0.1, -0.05) is 29.8 Å². The van der Waals surface area contributed by atoms with Crippen LogP contribution in [0.1, 0.15) is 20.8 Å².